The van der Waals surface area contributed by atoms with Gasteiger partial charge in [-0.2, -0.15) is 0 Å². The van der Waals surface area contributed by atoms with Gasteiger partial charge >= 0.3 is 0 Å². The van der Waals surface area contributed by atoms with E-state index in [1.807, 2.05) is 13.8 Å². The van der Waals surface area contributed by atoms with Crippen LogP contribution in [0.25, 0.3) is 0 Å². The molecule has 0 saturated heterocycles. The minimum atomic E-state index is -0.526. The van der Waals surface area contributed by atoms with Crippen LogP contribution in [-0.4, -0.2) is 23.9 Å². The van der Waals surface area contributed by atoms with Crippen molar-refractivity contribution in [3.8, 4) is 0 Å². The fourth-order valence-corrected chi connectivity index (χ4v) is 2.24. The third kappa shape index (κ3) is 4.47. The Balaban J connectivity index is 2.72. The van der Waals surface area contributed by atoms with E-state index in [9.17, 15) is 5.11 Å². The SMILES string of the molecule is COC(C)(C)CC(O)Cc1c(Cl)cccc1Cl. The lowest BCUT2D eigenvalue weighted by atomic mass is 9.96. The van der Waals surface area contributed by atoms with Crippen LogP contribution in [-0.2, 0) is 11.2 Å². The molecule has 1 atom stereocenters. The second-order valence-electron chi connectivity index (χ2n) is 4.73. The van der Waals surface area contributed by atoms with Crippen molar-refractivity contribution < 1.29 is 9.84 Å². The molecular weight excluding hydrogens is 259 g/mol. The smallest absolute Gasteiger partial charge is 0.0647 e. The quantitative estimate of drug-likeness (QED) is 0.889. The Morgan fingerprint density at radius 1 is 1.29 bits per heavy atom. The van der Waals surface area contributed by atoms with Crippen LogP contribution in [0.5, 0.6) is 0 Å². The van der Waals surface area contributed by atoms with Gasteiger partial charge in [0.25, 0.3) is 0 Å². The number of rotatable bonds is 5. The molecule has 1 aromatic rings. The third-order valence-corrected chi connectivity index (χ3v) is 3.49. The summed E-state index contributed by atoms with van der Waals surface area (Å²) >= 11 is 12.1. The highest BCUT2D eigenvalue weighted by Crippen LogP contribution is 2.27. The van der Waals surface area contributed by atoms with Gasteiger partial charge in [-0.05, 0) is 31.5 Å². The second-order valence-corrected chi connectivity index (χ2v) is 5.54. The fraction of sp³-hybridized carbons (Fsp3) is 0.538. The van der Waals surface area contributed by atoms with Gasteiger partial charge in [0.05, 0.1) is 11.7 Å². The molecule has 0 aliphatic heterocycles. The summed E-state index contributed by atoms with van der Waals surface area (Å²) in [4.78, 5) is 0. The van der Waals surface area contributed by atoms with Crippen LogP contribution in [0.3, 0.4) is 0 Å². The number of aliphatic hydroxyl groups excluding tert-OH is 1. The maximum absolute atomic E-state index is 10.0. The van der Waals surface area contributed by atoms with Crippen LogP contribution in [0, 0.1) is 0 Å². The second kappa shape index (κ2) is 6.05. The molecule has 4 heteroatoms. The summed E-state index contributed by atoms with van der Waals surface area (Å²) in [5.41, 5.74) is 0.433. The lowest BCUT2D eigenvalue weighted by Crippen LogP contribution is -2.29. The van der Waals surface area contributed by atoms with Crippen molar-refractivity contribution in [3.05, 3.63) is 33.8 Å². The summed E-state index contributed by atoms with van der Waals surface area (Å²) in [6.07, 6.45) is 0.443. The standard InChI is InChI=1S/C13H18Cl2O2/c1-13(2,17-3)8-9(16)7-10-11(14)5-4-6-12(10)15/h4-6,9,16H,7-8H2,1-3H3. The van der Waals surface area contributed by atoms with Crippen molar-refractivity contribution in [2.45, 2.75) is 38.4 Å². The first-order valence-corrected chi connectivity index (χ1v) is 6.27. The highest BCUT2D eigenvalue weighted by molar-refractivity contribution is 6.35. The van der Waals surface area contributed by atoms with Gasteiger partial charge in [-0.3, -0.25) is 0 Å². The average molecular weight is 277 g/mol. The van der Waals surface area contributed by atoms with Crippen LogP contribution >= 0.6 is 23.2 Å². The molecule has 0 aromatic heterocycles. The summed E-state index contributed by atoms with van der Waals surface area (Å²) in [5.74, 6) is 0. The molecule has 2 nitrogen and oxygen atoms in total. The molecule has 0 saturated carbocycles. The zero-order valence-corrected chi connectivity index (χ0v) is 11.8. The number of halogens is 2. The number of methoxy groups -OCH3 is 1. The molecule has 0 fully saturated rings. The summed E-state index contributed by atoms with van der Waals surface area (Å²) < 4.78 is 5.28. The van der Waals surface area contributed by atoms with Gasteiger partial charge in [0.15, 0.2) is 0 Å². The molecule has 1 N–H and O–H groups in total. The molecule has 1 unspecified atom stereocenters. The van der Waals surface area contributed by atoms with Gasteiger partial charge in [0.1, 0.15) is 0 Å². The minimum absolute atomic E-state index is 0.354. The first-order valence-electron chi connectivity index (χ1n) is 5.52. The van der Waals surface area contributed by atoms with Crippen LogP contribution < -0.4 is 0 Å². The number of hydrogen-bond donors (Lipinski definition) is 1. The van der Waals surface area contributed by atoms with E-state index >= 15 is 0 Å². The number of benzene rings is 1. The van der Waals surface area contributed by atoms with E-state index in [-0.39, 0.29) is 5.60 Å². The van der Waals surface area contributed by atoms with Crippen LogP contribution in [0.2, 0.25) is 10.0 Å². The summed E-state index contributed by atoms with van der Waals surface area (Å²) in [7, 11) is 1.63. The molecule has 0 aliphatic rings. The van der Waals surface area contributed by atoms with Crippen molar-refractivity contribution in [1.82, 2.24) is 0 Å². The summed E-state index contributed by atoms with van der Waals surface area (Å²) in [5, 5.41) is 11.2. The molecular formula is C13H18Cl2O2. The average Bonchev–Trinajstić information content (AvgIpc) is 2.23. The van der Waals surface area contributed by atoms with Crippen molar-refractivity contribution >= 4 is 23.2 Å². The van der Waals surface area contributed by atoms with E-state index in [1.165, 1.54) is 0 Å². The molecule has 0 spiro atoms. The molecule has 0 heterocycles. The molecule has 96 valence electrons. The maximum atomic E-state index is 10.0. The Kier molecular flexibility index (Phi) is 5.26. The van der Waals surface area contributed by atoms with E-state index in [1.54, 1.807) is 25.3 Å². The Hall–Kier alpha value is -0.280. The van der Waals surface area contributed by atoms with E-state index in [0.29, 0.717) is 22.9 Å². The van der Waals surface area contributed by atoms with Gasteiger partial charge in [0, 0.05) is 30.0 Å². The molecule has 1 aromatic carbocycles. The Morgan fingerprint density at radius 2 is 1.82 bits per heavy atom. The number of aliphatic hydroxyl groups is 1. The monoisotopic (exact) mass is 276 g/mol. The maximum Gasteiger partial charge on any atom is 0.0647 e. The van der Waals surface area contributed by atoms with Crippen LogP contribution in [0.15, 0.2) is 18.2 Å². The summed E-state index contributed by atoms with van der Waals surface area (Å²) in [6.45, 7) is 3.87. The Bertz CT molecular complexity index is 357. The lowest BCUT2D eigenvalue weighted by Gasteiger charge is -2.26. The fourth-order valence-electron chi connectivity index (χ4n) is 1.69. The van der Waals surface area contributed by atoms with E-state index in [4.69, 9.17) is 27.9 Å². The van der Waals surface area contributed by atoms with Gasteiger partial charge in [-0.15, -0.1) is 0 Å². The largest absolute Gasteiger partial charge is 0.393 e. The lowest BCUT2D eigenvalue weighted by molar-refractivity contribution is -0.0190. The molecule has 17 heavy (non-hydrogen) atoms. The van der Waals surface area contributed by atoms with Gasteiger partial charge in [-0.1, -0.05) is 29.3 Å². The molecule has 0 bridgehead atoms. The van der Waals surface area contributed by atoms with Crippen molar-refractivity contribution in [1.29, 1.82) is 0 Å². The van der Waals surface area contributed by atoms with Gasteiger partial charge in [0.2, 0.25) is 0 Å². The van der Waals surface area contributed by atoms with E-state index in [0.717, 1.165) is 5.56 Å². The first-order chi connectivity index (χ1) is 7.85. The highest BCUT2D eigenvalue weighted by Gasteiger charge is 2.22. The Morgan fingerprint density at radius 3 is 2.29 bits per heavy atom. The van der Waals surface area contributed by atoms with Crippen molar-refractivity contribution in [2.75, 3.05) is 7.11 Å². The summed E-state index contributed by atoms with van der Waals surface area (Å²) in [6, 6.07) is 5.34. The number of hydrogen-bond acceptors (Lipinski definition) is 2. The minimum Gasteiger partial charge on any atom is -0.393 e. The molecule has 0 aliphatic carbocycles. The topological polar surface area (TPSA) is 29.5 Å². The predicted octanol–water partition coefficient (Wildman–Crippen LogP) is 3.71. The third-order valence-electron chi connectivity index (χ3n) is 2.78. The highest BCUT2D eigenvalue weighted by atomic mass is 35.5. The van der Waals surface area contributed by atoms with Gasteiger partial charge < -0.3 is 9.84 Å². The predicted molar refractivity (Wildman–Crippen MR) is 71.9 cm³/mol. The van der Waals surface area contributed by atoms with E-state index in [2.05, 4.69) is 0 Å². The number of ether oxygens (including phenoxy) is 1. The van der Waals surface area contributed by atoms with Crippen molar-refractivity contribution in [2.24, 2.45) is 0 Å². The van der Waals surface area contributed by atoms with Crippen molar-refractivity contribution in [3.63, 3.8) is 0 Å². The van der Waals surface area contributed by atoms with Crippen LogP contribution in [0.1, 0.15) is 25.8 Å². The molecule has 0 radical (unpaired) electrons. The first kappa shape index (κ1) is 14.8. The normalized spacial score (nSPS) is 13.8. The molecule has 1 rings (SSSR count). The van der Waals surface area contributed by atoms with Crippen LogP contribution in [0.4, 0.5) is 0 Å². The van der Waals surface area contributed by atoms with E-state index < -0.39 is 6.10 Å². The zero-order valence-electron chi connectivity index (χ0n) is 10.3. The zero-order chi connectivity index (χ0) is 13.1. The Labute approximate surface area is 113 Å². The van der Waals surface area contributed by atoms with Gasteiger partial charge in [-0.25, -0.2) is 0 Å². The molecule has 0 amide bonds.